The van der Waals surface area contributed by atoms with E-state index in [9.17, 15) is 0 Å². The number of rotatable bonds is 4. The number of benzene rings is 1. The molecule has 0 aliphatic carbocycles. The monoisotopic (exact) mass is 315 g/mol. The minimum absolute atomic E-state index is 0.930. The average Bonchev–Trinajstić information content (AvgIpc) is 2.98. The summed E-state index contributed by atoms with van der Waals surface area (Å²) in [4.78, 5) is 3.61. The highest BCUT2D eigenvalue weighted by Gasteiger charge is 2.18. The first-order chi connectivity index (χ1) is 10.8. The van der Waals surface area contributed by atoms with Crippen molar-refractivity contribution in [3.8, 4) is 5.75 Å². The first-order valence-electron chi connectivity index (χ1n) is 7.49. The molecule has 0 atom stereocenters. The van der Waals surface area contributed by atoms with Crippen LogP contribution in [-0.2, 0) is 0 Å². The number of anilines is 1. The smallest absolute Gasteiger partial charge is 0.142 e. The molecule has 1 fully saturated rings. The molecule has 1 aromatic carbocycles. The molecule has 1 aliphatic heterocycles. The fraction of sp³-hybridized carbons (Fsp3) is 0.353. The zero-order valence-electron chi connectivity index (χ0n) is 13.0. The molecule has 2 heterocycles. The molecular weight excluding hydrogens is 294 g/mol. The highest BCUT2D eigenvalue weighted by Crippen LogP contribution is 2.28. The number of para-hydroxylation sites is 2. The maximum atomic E-state index is 5.45. The summed E-state index contributed by atoms with van der Waals surface area (Å²) in [6.45, 7) is 5.90. The van der Waals surface area contributed by atoms with E-state index >= 15 is 0 Å². The van der Waals surface area contributed by atoms with Crippen LogP contribution in [0, 0.1) is 6.92 Å². The van der Waals surface area contributed by atoms with Crippen molar-refractivity contribution in [2.45, 2.75) is 6.92 Å². The van der Waals surface area contributed by atoms with E-state index in [1.165, 1.54) is 16.1 Å². The minimum atomic E-state index is 0.930. The number of methoxy groups -OCH3 is 1. The highest BCUT2D eigenvalue weighted by atomic mass is 32.1. The highest BCUT2D eigenvalue weighted by molar-refractivity contribution is 7.11. The molecule has 1 aromatic heterocycles. The summed E-state index contributed by atoms with van der Waals surface area (Å²) in [7, 11) is 1.72. The molecule has 0 bridgehead atoms. The Morgan fingerprint density at radius 1 is 1.14 bits per heavy atom. The standard InChI is InChI=1S/C17H21N3OS/c1-14-7-12-22-17(14)13-18-20-10-8-19(9-11-20)15-5-3-4-6-16(15)21-2/h3-7,12-13H,8-11H2,1-2H3/b18-13-. The molecule has 2 aromatic rings. The SMILES string of the molecule is COc1ccccc1N1CCN(/N=C\c2sccc2C)CC1. The molecule has 0 radical (unpaired) electrons. The summed E-state index contributed by atoms with van der Waals surface area (Å²) < 4.78 is 5.45. The number of hydrogen-bond acceptors (Lipinski definition) is 5. The van der Waals surface area contributed by atoms with Gasteiger partial charge in [0.05, 0.1) is 32.1 Å². The fourth-order valence-corrected chi connectivity index (χ4v) is 3.37. The Morgan fingerprint density at radius 3 is 2.59 bits per heavy atom. The van der Waals surface area contributed by atoms with Gasteiger partial charge in [0.25, 0.3) is 0 Å². The zero-order valence-corrected chi connectivity index (χ0v) is 13.8. The minimum Gasteiger partial charge on any atom is -0.495 e. The van der Waals surface area contributed by atoms with Crippen LogP contribution in [0.5, 0.6) is 5.75 Å². The van der Waals surface area contributed by atoms with Gasteiger partial charge in [-0.2, -0.15) is 5.10 Å². The molecule has 3 rings (SSSR count). The van der Waals surface area contributed by atoms with Crippen molar-refractivity contribution in [1.82, 2.24) is 5.01 Å². The second kappa shape index (κ2) is 6.83. The molecule has 5 heteroatoms. The normalized spacial score (nSPS) is 15.5. The van der Waals surface area contributed by atoms with Gasteiger partial charge in [0, 0.05) is 18.0 Å². The van der Waals surface area contributed by atoms with Gasteiger partial charge < -0.3 is 9.64 Å². The van der Waals surface area contributed by atoms with Gasteiger partial charge in [0.1, 0.15) is 5.75 Å². The van der Waals surface area contributed by atoms with Crippen LogP contribution in [0.2, 0.25) is 0 Å². The van der Waals surface area contributed by atoms with Crippen molar-refractivity contribution >= 4 is 23.2 Å². The first-order valence-corrected chi connectivity index (χ1v) is 8.37. The van der Waals surface area contributed by atoms with Gasteiger partial charge in [-0.05, 0) is 36.1 Å². The molecule has 0 spiro atoms. The van der Waals surface area contributed by atoms with Crippen molar-refractivity contribution in [1.29, 1.82) is 0 Å². The molecule has 4 nitrogen and oxygen atoms in total. The van der Waals surface area contributed by atoms with Gasteiger partial charge in [0.2, 0.25) is 0 Å². The van der Waals surface area contributed by atoms with E-state index in [4.69, 9.17) is 4.74 Å². The Labute approximate surface area is 135 Å². The third kappa shape index (κ3) is 3.25. The first kappa shape index (κ1) is 14.9. The second-order valence-corrected chi connectivity index (χ2v) is 6.27. The van der Waals surface area contributed by atoms with Gasteiger partial charge >= 0.3 is 0 Å². The molecular formula is C17H21N3OS. The van der Waals surface area contributed by atoms with Crippen molar-refractivity contribution in [2.75, 3.05) is 38.2 Å². The van der Waals surface area contributed by atoms with Gasteiger partial charge in [-0.3, -0.25) is 5.01 Å². The quantitative estimate of drug-likeness (QED) is 0.811. The van der Waals surface area contributed by atoms with Gasteiger partial charge in [-0.15, -0.1) is 11.3 Å². The third-order valence-electron chi connectivity index (χ3n) is 3.92. The van der Waals surface area contributed by atoms with Crippen LogP contribution < -0.4 is 9.64 Å². The molecule has 0 amide bonds. The number of piperazine rings is 1. The Morgan fingerprint density at radius 2 is 1.91 bits per heavy atom. The number of nitrogens with zero attached hydrogens (tertiary/aromatic N) is 3. The predicted molar refractivity (Wildman–Crippen MR) is 93.4 cm³/mol. The predicted octanol–water partition coefficient (Wildman–Crippen LogP) is 3.22. The van der Waals surface area contributed by atoms with Crippen molar-refractivity contribution < 1.29 is 4.74 Å². The number of hydrazone groups is 1. The van der Waals surface area contributed by atoms with Crippen LogP contribution >= 0.6 is 11.3 Å². The van der Waals surface area contributed by atoms with Crippen molar-refractivity contribution in [3.05, 3.63) is 46.2 Å². The molecule has 0 unspecified atom stereocenters. The number of aryl methyl sites for hydroxylation is 1. The van der Waals surface area contributed by atoms with E-state index in [0.29, 0.717) is 0 Å². The third-order valence-corrected chi connectivity index (χ3v) is 4.88. The summed E-state index contributed by atoms with van der Waals surface area (Å²) in [5.41, 5.74) is 2.46. The Bertz CT molecular complexity index is 645. The van der Waals surface area contributed by atoms with E-state index in [1.807, 2.05) is 18.3 Å². The Kier molecular flexibility index (Phi) is 4.63. The van der Waals surface area contributed by atoms with Crippen LogP contribution in [-0.4, -0.2) is 44.5 Å². The molecule has 1 aliphatic rings. The zero-order chi connectivity index (χ0) is 15.4. The molecule has 1 saturated heterocycles. The van der Waals surface area contributed by atoms with Crippen molar-refractivity contribution in [2.24, 2.45) is 5.10 Å². The fourth-order valence-electron chi connectivity index (χ4n) is 2.59. The lowest BCUT2D eigenvalue weighted by Gasteiger charge is -2.35. The van der Waals surface area contributed by atoms with Crippen LogP contribution in [0.1, 0.15) is 10.4 Å². The summed E-state index contributed by atoms with van der Waals surface area (Å²) >= 11 is 1.74. The average molecular weight is 315 g/mol. The molecule has 0 N–H and O–H groups in total. The van der Waals surface area contributed by atoms with Crippen LogP contribution in [0.4, 0.5) is 5.69 Å². The van der Waals surface area contributed by atoms with E-state index in [-0.39, 0.29) is 0 Å². The summed E-state index contributed by atoms with van der Waals surface area (Å²) in [5.74, 6) is 0.939. The van der Waals surface area contributed by atoms with Gasteiger partial charge in [-0.25, -0.2) is 0 Å². The van der Waals surface area contributed by atoms with Gasteiger partial charge in [-0.1, -0.05) is 12.1 Å². The molecule has 22 heavy (non-hydrogen) atoms. The number of thiophene rings is 1. The van der Waals surface area contributed by atoms with Crippen LogP contribution in [0.15, 0.2) is 40.8 Å². The van der Waals surface area contributed by atoms with E-state index in [1.54, 1.807) is 18.4 Å². The molecule has 0 saturated carbocycles. The topological polar surface area (TPSA) is 28.1 Å². The maximum Gasteiger partial charge on any atom is 0.142 e. The Balaban J connectivity index is 1.61. The van der Waals surface area contributed by atoms with Gasteiger partial charge in [0.15, 0.2) is 0 Å². The summed E-state index contributed by atoms with van der Waals surface area (Å²) in [6.07, 6.45) is 1.98. The van der Waals surface area contributed by atoms with Crippen LogP contribution in [0.25, 0.3) is 0 Å². The number of hydrogen-bond donors (Lipinski definition) is 0. The van der Waals surface area contributed by atoms with Crippen LogP contribution in [0.3, 0.4) is 0 Å². The lowest BCUT2D eigenvalue weighted by atomic mass is 10.2. The van der Waals surface area contributed by atoms with E-state index in [0.717, 1.165) is 31.9 Å². The van der Waals surface area contributed by atoms with Crippen molar-refractivity contribution in [3.63, 3.8) is 0 Å². The van der Waals surface area contributed by atoms with E-state index in [2.05, 4.69) is 45.5 Å². The Hall–Kier alpha value is -2.01. The second-order valence-electron chi connectivity index (χ2n) is 5.32. The summed E-state index contributed by atoms with van der Waals surface area (Å²) in [5, 5.41) is 8.87. The summed E-state index contributed by atoms with van der Waals surface area (Å²) in [6, 6.07) is 10.3. The van der Waals surface area contributed by atoms with E-state index < -0.39 is 0 Å². The molecule has 116 valence electrons. The lowest BCUT2D eigenvalue weighted by Crippen LogP contribution is -2.44. The number of ether oxygens (including phenoxy) is 1. The maximum absolute atomic E-state index is 5.45. The lowest BCUT2D eigenvalue weighted by molar-refractivity contribution is 0.271. The largest absolute Gasteiger partial charge is 0.495 e.